The Balaban J connectivity index is 2.63. The van der Waals surface area contributed by atoms with Crippen LogP contribution in [0.2, 0.25) is 5.02 Å². The van der Waals surface area contributed by atoms with Gasteiger partial charge in [-0.3, -0.25) is 0 Å². The Bertz CT molecular complexity index is 365. The van der Waals surface area contributed by atoms with Gasteiger partial charge in [0.25, 0.3) is 0 Å². The van der Waals surface area contributed by atoms with Crippen molar-refractivity contribution in [2.45, 2.75) is 39.7 Å². The monoisotopic (exact) mass is 317 g/mol. The number of benzene rings is 1. The third kappa shape index (κ3) is 4.99. The van der Waals surface area contributed by atoms with E-state index >= 15 is 0 Å². The highest BCUT2D eigenvalue weighted by atomic mass is 79.9. The van der Waals surface area contributed by atoms with E-state index in [1.807, 2.05) is 18.2 Å². The van der Waals surface area contributed by atoms with Gasteiger partial charge in [-0.15, -0.1) is 0 Å². The molecule has 1 aromatic rings. The van der Waals surface area contributed by atoms with Gasteiger partial charge >= 0.3 is 0 Å². The minimum absolute atomic E-state index is 0.0781. The lowest BCUT2D eigenvalue weighted by molar-refractivity contribution is 0.387. The maximum Gasteiger partial charge on any atom is 0.0551 e. The van der Waals surface area contributed by atoms with E-state index in [4.69, 9.17) is 17.3 Å². The molecular formula is C14H21BrClN. The second kappa shape index (κ2) is 6.77. The average molecular weight is 319 g/mol. The number of hydrogen-bond donors (Lipinski definition) is 1. The summed E-state index contributed by atoms with van der Waals surface area (Å²) in [6.45, 7) is 6.76. The number of halogens is 2. The van der Waals surface area contributed by atoms with Gasteiger partial charge in [0.1, 0.15) is 0 Å². The molecule has 0 saturated heterocycles. The molecule has 0 fully saturated rings. The van der Waals surface area contributed by atoms with Crippen LogP contribution in [0.25, 0.3) is 0 Å². The van der Waals surface area contributed by atoms with Gasteiger partial charge in [0.15, 0.2) is 0 Å². The van der Waals surface area contributed by atoms with E-state index in [1.165, 1.54) is 6.42 Å². The first-order valence-corrected chi connectivity index (χ1v) is 7.27. The summed E-state index contributed by atoms with van der Waals surface area (Å²) in [4.78, 5) is 0. The lowest BCUT2D eigenvalue weighted by Crippen LogP contribution is -2.15. The van der Waals surface area contributed by atoms with Crippen LogP contribution in [0.5, 0.6) is 0 Å². The first-order valence-electron chi connectivity index (χ1n) is 6.10. The van der Waals surface area contributed by atoms with Crippen LogP contribution in [0.4, 0.5) is 0 Å². The van der Waals surface area contributed by atoms with Gasteiger partial charge in [0.05, 0.1) is 5.02 Å². The van der Waals surface area contributed by atoms with E-state index in [1.54, 1.807) is 0 Å². The molecule has 2 unspecified atom stereocenters. The van der Waals surface area contributed by atoms with Gasteiger partial charge in [-0.25, -0.2) is 0 Å². The van der Waals surface area contributed by atoms with Crippen LogP contribution < -0.4 is 5.73 Å². The van der Waals surface area contributed by atoms with Crippen LogP contribution in [0, 0.1) is 11.8 Å². The van der Waals surface area contributed by atoms with Crippen molar-refractivity contribution in [2.75, 3.05) is 0 Å². The molecule has 3 heteroatoms. The van der Waals surface area contributed by atoms with E-state index in [-0.39, 0.29) is 6.04 Å². The summed E-state index contributed by atoms with van der Waals surface area (Å²) in [7, 11) is 0. The van der Waals surface area contributed by atoms with Gasteiger partial charge in [-0.1, -0.05) is 38.4 Å². The van der Waals surface area contributed by atoms with Gasteiger partial charge in [-0.05, 0) is 58.3 Å². The fourth-order valence-electron chi connectivity index (χ4n) is 2.21. The molecule has 17 heavy (non-hydrogen) atoms. The minimum atomic E-state index is 0.0781. The highest BCUT2D eigenvalue weighted by Crippen LogP contribution is 2.28. The van der Waals surface area contributed by atoms with Gasteiger partial charge in [-0.2, -0.15) is 0 Å². The molecule has 0 bridgehead atoms. The van der Waals surface area contributed by atoms with E-state index < -0.39 is 0 Å². The SMILES string of the molecule is CC(C)CC(C)CC(N)c1ccc(Br)c(Cl)c1. The highest BCUT2D eigenvalue weighted by molar-refractivity contribution is 9.10. The maximum absolute atomic E-state index is 6.22. The highest BCUT2D eigenvalue weighted by Gasteiger charge is 2.13. The molecule has 0 aliphatic heterocycles. The Morgan fingerprint density at radius 2 is 1.88 bits per heavy atom. The quantitative estimate of drug-likeness (QED) is 0.796. The maximum atomic E-state index is 6.22. The van der Waals surface area contributed by atoms with Crippen molar-refractivity contribution in [3.05, 3.63) is 33.3 Å². The van der Waals surface area contributed by atoms with E-state index in [0.717, 1.165) is 27.4 Å². The average Bonchev–Trinajstić information content (AvgIpc) is 2.20. The molecule has 0 radical (unpaired) electrons. The Kier molecular flexibility index (Phi) is 5.98. The lowest BCUT2D eigenvalue weighted by Gasteiger charge is -2.19. The van der Waals surface area contributed by atoms with E-state index in [9.17, 15) is 0 Å². The molecule has 0 heterocycles. The second-order valence-electron chi connectivity index (χ2n) is 5.25. The van der Waals surface area contributed by atoms with Crippen LogP contribution in [-0.4, -0.2) is 0 Å². The van der Waals surface area contributed by atoms with Crippen molar-refractivity contribution in [1.29, 1.82) is 0 Å². The van der Waals surface area contributed by atoms with Gasteiger partial charge < -0.3 is 5.73 Å². The molecule has 1 nitrogen and oxygen atoms in total. The van der Waals surface area contributed by atoms with Crippen LogP contribution in [0.1, 0.15) is 45.2 Å². The standard InChI is InChI=1S/C14H21BrClN/c1-9(2)6-10(3)7-14(17)11-4-5-12(15)13(16)8-11/h4-5,8-10,14H,6-7,17H2,1-3H3. The summed E-state index contributed by atoms with van der Waals surface area (Å²) in [6, 6.07) is 6.04. The molecular weight excluding hydrogens is 298 g/mol. The molecule has 96 valence electrons. The molecule has 0 amide bonds. The zero-order chi connectivity index (χ0) is 13.0. The molecule has 0 aromatic heterocycles. The first kappa shape index (κ1) is 15.0. The third-order valence-electron chi connectivity index (χ3n) is 2.90. The Morgan fingerprint density at radius 1 is 1.24 bits per heavy atom. The number of rotatable bonds is 5. The van der Waals surface area contributed by atoms with Crippen molar-refractivity contribution in [2.24, 2.45) is 17.6 Å². The normalized spacial score (nSPS) is 15.0. The lowest BCUT2D eigenvalue weighted by atomic mass is 9.90. The largest absolute Gasteiger partial charge is 0.324 e. The van der Waals surface area contributed by atoms with Crippen molar-refractivity contribution in [3.63, 3.8) is 0 Å². The van der Waals surface area contributed by atoms with Crippen LogP contribution in [-0.2, 0) is 0 Å². The Hall–Kier alpha value is -0.0500. The van der Waals surface area contributed by atoms with Crippen molar-refractivity contribution in [1.82, 2.24) is 0 Å². The zero-order valence-electron chi connectivity index (χ0n) is 10.7. The van der Waals surface area contributed by atoms with Crippen LogP contribution >= 0.6 is 27.5 Å². The molecule has 2 N–H and O–H groups in total. The Labute approximate surface area is 118 Å². The molecule has 2 atom stereocenters. The molecule has 0 aliphatic carbocycles. The fraction of sp³-hybridized carbons (Fsp3) is 0.571. The van der Waals surface area contributed by atoms with Crippen LogP contribution in [0.15, 0.2) is 22.7 Å². The van der Waals surface area contributed by atoms with Crippen molar-refractivity contribution in [3.8, 4) is 0 Å². The minimum Gasteiger partial charge on any atom is -0.324 e. The topological polar surface area (TPSA) is 26.0 Å². The van der Waals surface area contributed by atoms with Crippen LogP contribution in [0.3, 0.4) is 0 Å². The van der Waals surface area contributed by atoms with Gasteiger partial charge in [0, 0.05) is 10.5 Å². The predicted octanol–water partition coefficient (Wildman–Crippen LogP) is 5.17. The van der Waals surface area contributed by atoms with Crippen molar-refractivity contribution < 1.29 is 0 Å². The van der Waals surface area contributed by atoms with Crippen molar-refractivity contribution >= 4 is 27.5 Å². The Morgan fingerprint density at radius 3 is 2.41 bits per heavy atom. The van der Waals surface area contributed by atoms with E-state index in [2.05, 4.69) is 36.7 Å². The number of nitrogens with two attached hydrogens (primary N) is 1. The first-order chi connectivity index (χ1) is 7.90. The number of hydrogen-bond acceptors (Lipinski definition) is 1. The summed E-state index contributed by atoms with van der Waals surface area (Å²) in [5.41, 5.74) is 7.34. The summed E-state index contributed by atoms with van der Waals surface area (Å²) >= 11 is 9.47. The summed E-state index contributed by atoms with van der Waals surface area (Å²) in [5, 5.41) is 0.731. The molecule has 1 rings (SSSR count). The third-order valence-corrected chi connectivity index (χ3v) is 4.13. The van der Waals surface area contributed by atoms with Gasteiger partial charge in [0.2, 0.25) is 0 Å². The zero-order valence-corrected chi connectivity index (χ0v) is 13.1. The smallest absolute Gasteiger partial charge is 0.0551 e. The predicted molar refractivity (Wildman–Crippen MR) is 79.3 cm³/mol. The van der Waals surface area contributed by atoms with E-state index in [0.29, 0.717) is 5.92 Å². The molecule has 1 aromatic carbocycles. The summed E-state index contributed by atoms with van der Waals surface area (Å²) in [6.07, 6.45) is 2.23. The summed E-state index contributed by atoms with van der Waals surface area (Å²) in [5.74, 6) is 1.37. The summed E-state index contributed by atoms with van der Waals surface area (Å²) < 4.78 is 0.922. The molecule has 0 saturated carbocycles. The molecule has 0 spiro atoms. The molecule has 0 aliphatic rings. The fourth-order valence-corrected chi connectivity index (χ4v) is 2.65. The second-order valence-corrected chi connectivity index (χ2v) is 6.51.